The summed E-state index contributed by atoms with van der Waals surface area (Å²) in [5, 5.41) is 11.3. The third-order valence-corrected chi connectivity index (χ3v) is 2.48. The normalized spacial score (nSPS) is 10.5. The van der Waals surface area contributed by atoms with E-state index in [1.165, 1.54) is 25.3 Å². The summed E-state index contributed by atoms with van der Waals surface area (Å²) in [6, 6.07) is 4.34. The van der Waals surface area contributed by atoms with Gasteiger partial charge in [-0.1, -0.05) is 0 Å². The van der Waals surface area contributed by atoms with E-state index in [2.05, 4.69) is 4.98 Å². The third kappa shape index (κ3) is 1.73. The minimum atomic E-state index is -0.559. The van der Waals surface area contributed by atoms with Gasteiger partial charge in [-0.25, -0.2) is 0 Å². The Hall–Kier alpha value is -2.37. The average Bonchev–Trinajstić information content (AvgIpc) is 2.26. The van der Waals surface area contributed by atoms with Crippen molar-refractivity contribution in [2.45, 2.75) is 6.92 Å². The maximum Gasteiger partial charge on any atom is 0.334 e. The molecule has 6 nitrogen and oxygen atoms in total. The number of benzene rings is 1. The average molecular weight is 234 g/mol. The molecule has 0 saturated heterocycles. The van der Waals surface area contributed by atoms with Gasteiger partial charge in [0.15, 0.2) is 11.2 Å². The second-order valence-corrected chi connectivity index (χ2v) is 3.61. The Morgan fingerprint density at radius 2 is 2.12 bits per heavy atom. The van der Waals surface area contributed by atoms with E-state index in [-0.39, 0.29) is 27.8 Å². The molecule has 0 bridgehead atoms. The van der Waals surface area contributed by atoms with Crippen LogP contribution in [-0.2, 0) is 0 Å². The highest BCUT2D eigenvalue weighted by Crippen LogP contribution is 2.32. The SMILES string of the molecule is COc1ccc2c(=O)cc(C)[nH]c2c1[N+](=O)[O-]. The molecule has 0 saturated carbocycles. The molecular formula is C11H10N2O4. The molecule has 0 amide bonds. The van der Waals surface area contributed by atoms with Gasteiger partial charge >= 0.3 is 5.69 Å². The molecule has 0 aliphatic rings. The largest absolute Gasteiger partial charge is 0.490 e. The van der Waals surface area contributed by atoms with Gasteiger partial charge in [-0.2, -0.15) is 0 Å². The van der Waals surface area contributed by atoms with Crippen molar-refractivity contribution in [2.24, 2.45) is 0 Å². The van der Waals surface area contributed by atoms with E-state index in [1.54, 1.807) is 6.92 Å². The van der Waals surface area contributed by atoms with Crippen molar-refractivity contribution < 1.29 is 9.66 Å². The molecule has 0 fully saturated rings. The molecule has 0 spiro atoms. The fourth-order valence-corrected chi connectivity index (χ4v) is 1.76. The molecule has 0 aliphatic carbocycles. The Balaban J connectivity index is 2.99. The van der Waals surface area contributed by atoms with Crippen LogP contribution in [0.2, 0.25) is 0 Å². The summed E-state index contributed by atoms with van der Waals surface area (Å²) in [5.41, 5.74) is 0.297. The maximum atomic E-state index is 11.7. The van der Waals surface area contributed by atoms with Crippen LogP contribution in [0.4, 0.5) is 5.69 Å². The highest BCUT2D eigenvalue weighted by atomic mass is 16.6. The zero-order chi connectivity index (χ0) is 12.6. The number of aromatic amines is 1. The highest BCUT2D eigenvalue weighted by molar-refractivity contribution is 5.90. The molecule has 1 N–H and O–H groups in total. The number of nitro groups is 1. The topological polar surface area (TPSA) is 85.2 Å². The van der Waals surface area contributed by atoms with Crippen molar-refractivity contribution in [2.75, 3.05) is 7.11 Å². The number of H-pyrrole nitrogens is 1. The van der Waals surface area contributed by atoms with E-state index in [1.807, 2.05) is 0 Å². The second-order valence-electron chi connectivity index (χ2n) is 3.61. The van der Waals surface area contributed by atoms with E-state index in [4.69, 9.17) is 4.74 Å². The van der Waals surface area contributed by atoms with Gasteiger partial charge in [0.25, 0.3) is 0 Å². The highest BCUT2D eigenvalue weighted by Gasteiger charge is 2.21. The first kappa shape index (κ1) is 11.1. The zero-order valence-electron chi connectivity index (χ0n) is 9.31. The van der Waals surface area contributed by atoms with Crippen molar-refractivity contribution in [1.29, 1.82) is 0 Å². The molecule has 0 atom stereocenters. The van der Waals surface area contributed by atoms with Crippen LogP contribution in [0.25, 0.3) is 10.9 Å². The first-order valence-electron chi connectivity index (χ1n) is 4.89. The predicted octanol–water partition coefficient (Wildman–Crippen LogP) is 1.75. The zero-order valence-corrected chi connectivity index (χ0v) is 9.31. The van der Waals surface area contributed by atoms with Gasteiger partial charge < -0.3 is 9.72 Å². The van der Waals surface area contributed by atoms with E-state index in [9.17, 15) is 14.9 Å². The Kier molecular flexibility index (Phi) is 2.55. The van der Waals surface area contributed by atoms with Crippen LogP contribution < -0.4 is 10.2 Å². The summed E-state index contributed by atoms with van der Waals surface area (Å²) in [5.74, 6) is 0.128. The van der Waals surface area contributed by atoms with Crippen molar-refractivity contribution in [3.8, 4) is 5.75 Å². The number of methoxy groups -OCH3 is 1. The molecule has 88 valence electrons. The standard InChI is InChI=1S/C11H10N2O4/c1-6-5-8(14)7-3-4-9(17-2)11(13(15)16)10(7)12-6/h3-5H,1-2H3,(H,12,14). The summed E-state index contributed by atoms with van der Waals surface area (Å²) < 4.78 is 4.93. The number of pyridine rings is 1. The van der Waals surface area contributed by atoms with Gasteiger partial charge in [0.05, 0.1) is 17.4 Å². The minimum Gasteiger partial charge on any atom is -0.490 e. The molecule has 1 aromatic carbocycles. The predicted molar refractivity (Wildman–Crippen MR) is 62.5 cm³/mol. The Bertz CT molecular complexity index is 660. The molecule has 1 heterocycles. The number of aromatic nitrogens is 1. The maximum absolute atomic E-state index is 11.7. The van der Waals surface area contributed by atoms with Gasteiger partial charge in [0, 0.05) is 11.8 Å². The molecule has 1 aromatic heterocycles. The number of hydrogen-bond acceptors (Lipinski definition) is 4. The quantitative estimate of drug-likeness (QED) is 0.633. The van der Waals surface area contributed by atoms with E-state index in [0.717, 1.165) is 0 Å². The molecule has 0 radical (unpaired) electrons. The molecule has 17 heavy (non-hydrogen) atoms. The lowest BCUT2D eigenvalue weighted by atomic mass is 10.1. The molecule has 2 rings (SSSR count). The minimum absolute atomic E-state index is 0.128. The number of hydrogen-bond donors (Lipinski definition) is 1. The summed E-state index contributed by atoms with van der Waals surface area (Å²) in [7, 11) is 1.35. The Morgan fingerprint density at radius 1 is 1.41 bits per heavy atom. The molecular weight excluding hydrogens is 224 g/mol. The summed E-state index contributed by atoms with van der Waals surface area (Å²) in [4.78, 5) is 25.0. The number of ether oxygens (including phenoxy) is 1. The summed E-state index contributed by atoms with van der Waals surface area (Å²) >= 11 is 0. The molecule has 0 aliphatic heterocycles. The number of nitro benzene ring substituents is 1. The smallest absolute Gasteiger partial charge is 0.334 e. The summed E-state index contributed by atoms with van der Waals surface area (Å²) in [6.45, 7) is 1.67. The van der Waals surface area contributed by atoms with E-state index in [0.29, 0.717) is 5.69 Å². The molecule has 0 unspecified atom stereocenters. The molecule has 6 heteroatoms. The van der Waals surface area contributed by atoms with Gasteiger partial charge in [0.2, 0.25) is 0 Å². The first-order valence-corrected chi connectivity index (χ1v) is 4.89. The van der Waals surface area contributed by atoms with E-state index >= 15 is 0 Å². The first-order chi connectivity index (χ1) is 8.04. The third-order valence-electron chi connectivity index (χ3n) is 2.48. The van der Waals surface area contributed by atoms with Gasteiger partial charge in [-0.3, -0.25) is 14.9 Å². The van der Waals surface area contributed by atoms with Crippen molar-refractivity contribution in [3.05, 3.63) is 44.2 Å². The fraction of sp³-hybridized carbons (Fsp3) is 0.182. The van der Waals surface area contributed by atoms with Crippen LogP contribution in [0.3, 0.4) is 0 Å². The summed E-state index contributed by atoms with van der Waals surface area (Å²) in [6.07, 6.45) is 0. The van der Waals surface area contributed by atoms with Crippen LogP contribution in [-0.4, -0.2) is 17.0 Å². The monoisotopic (exact) mass is 234 g/mol. The number of nitrogens with one attached hydrogen (secondary N) is 1. The van der Waals surface area contributed by atoms with Crippen molar-refractivity contribution in [1.82, 2.24) is 4.98 Å². The fourth-order valence-electron chi connectivity index (χ4n) is 1.76. The lowest BCUT2D eigenvalue weighted by Crippen LogP contribution is -2.05. The van der Waals surface area contributed by atoms with Crippen molar-refractivity contribution in [3.63, 3.8) is 0 Å². The Labute approximate surface area is 96.0 Å². The number of aryl methyl sites for hydroxylation is 1. The van der Waals surface area contributed by atoms with Crippen LogP contribution >= 0.6 is 0 Å². The van der Waals surface area contributed by atoms with Crippen molar-refractivity contribution >= 4 is 16.6 Å². The second kappa shape index (κ2) is 3.89. The van der Waals surface area contributed by atoms with Crippen LogP contribution in [0.5, 0.6) is 5.75 Å². The van der Waals surface area contributed by atoms with Crippen LogP contribution in [0.15, 0.2) is 23.0 Å². The van der Waals surface area contributed by atoms with Gasteiger partial charge in [-0.15, -0.1) is 0 Å². The number of fused-ring (bicyclic) bond motifs is 1. The van der Waals surface area contributed by atoms with E-state index < -0.39 is 4.92 Å². The lowest BCUT2D eigenvalue weighted by Gasteiger charge is -2.05. The van der Waals surface area contributed by atoms with Crippen LogP contribution in [0, 0.1) is 17.0 Å². The van der Waals surface area contributed by atoms with Crippen LogP contribution in [0.1, 0.15) is 5.69 Å². The number of nitrogens with zero attached hydrogens (tertiary/aromatic N) is 1. The Morgan fingerprint density at radius 3 is 2.71 bits per heavy atom. The molecule has 2 aromatic rings. The van der Waals surface area contributed by atoms with Gasteiger partial charge in [0.1, 0.15) is 5.52 Å². The van der Waals surface area contributed by atoms with Gasteiger partial charge in [-0.05, 0) is 19.1 Å². The lowest BCUT2D eigenvalue weighted by molar-refractivity contribution is -0.384. The number of rotatable bonds is 2.